The molecule has 1 aromatic heterocycles. The molecule has 0 fully saturated rings. The average molecular weight is 564 g/mol. The fourth-order valence-electron chi connectivity index (χ4n) is 3.24. The van der Waals surface area contributed by atoms with Gasteiger partial charge in [0.05, 0.1) is 32.4 Å². The maximum absolute atomic E-state index is 13.1. The Morgan fingerprint density at radius 3 is 2.35 bits per heavy atom. The highest BCUT2D eigenvalue weighted by molar-refractivity contribution is 7.15. The van der Waals surface area contributed by atoms with Crippen LogP contribution in [-0.2, 0) is 11.2 Å². The molecule has 0 unspecified atom stereocenters. The molecule has 0 radical (unpaired) electrons. The van der Waals surface area contributed by atoms with Crippen molar-refractivity contribution in [2.24, 2.45) is 5.10 Å². The highest BCUT2D eigenvalue weighted by atomic mass is 32.1. The van der Waals surface area contributed by atoms with Crippen molar-refractivity contribution in [3.05, 3.63) is 94.2 Å². The second-order valence-corrected chi connectivity index (χ2v) is 9.02. The van der Waals surface area contributed by atoms with Crippen molar-refractivity contribution < 1.29 is 33.0 Å². The quantitative estimate of drug-likeness (QED) is 0.128. The van der Waals surface area contributed by atoms with Gasteiger partial charge in [-0.2, -0.15) is 5.10 Å². The van der Waals surface area contributed by atoms with Gasteiger partial charge in [-0.1, -0.05) is 11.3 Å². The first-order valence-electron chi connectivity index (χ1n) is 11.6. The summed E-state index contributed by atoms with van der Waals surface area (Å²) in [6, 6.07) is 16.2. The van der Waals surface area contributed by atoms with E-state index in [1.807, 2.05) is 0 Å². The number of halogens is 1. The van der Waals surface area contributed by atoms with Crippen LogP contribution in [-0.4, -0.2) is 48.4 Å². The second-order valence-electron chi connectivity index (χ2n) is 7.96. The highest BCUT2D eigenvalue weighted by Gasteiger charge is 2.14. The monoisotopic (exact) mass is 563 g/mol. The van der Waals surface area contributed by atoms with Gasteiger partial charge in [-0.15, -0.1) is 10.2 Å². The number of carbonyl (C=O) groups is 3. The number of nitrogens with zero attached hydrogens (tertiary/aromatic N) is 3. The zero-order valence-corrected chi connectivity index (χ0v) is 22.0. The lowest BCUT2D eigenvalue weighted by Gasteiger charge is -2.10. The van der Waals surface area contributed by atoms with Crippen molar-refractivity contribution in [2.45, 2.75) is 6.42 Å². The molecule has 0 saturated carbocycles. The summed E-state index contributed by atoms with van der Waals surface area (Å²) in [6.45, 7) is 0. The molecule has 0 bridgehead atoms. The number of hydrogen-bond acceptors (Lipinski definition) is 10. The molecule has 4 aromatic rings. The van der Waals surface area contributed by atoms with Crippen molar-refractivity contribution in [2.75, 3.05) is 19.5 Å². The third kappa shape index (κ3) is 7.45. The summed E-state index contributed by atoms with van der Waals surface area (Å²) in [5, 5.41) is 15.0. The zero-order chi connectivity index (χ0) is 28.5. The van der Waals surface area contributed by atoms with E-state index in [9.17, 15) is 18.8 Å². The molecule has 2 amide bonds. The first kappa shape index (κ1) is 27.9. The number of methoxy groups -OCH3 is 2. The number of hydrogen-bond donors (Lipinski definition) is 2. The van der Waals surface area contributed by atoms with Crippen molar-refractivity contribution in [1.82, 2.24) is 15.6 Å². The first-order chi connectivity index (χ1) is 19.3. The molecule has 0 saturated heterocycles. The van der Waals surface area contributed by atoms with E-state index in [4.69, 9.17) is 14.2 Å². The standard InChI is InChI=1S/C27H22FN5O6S/c1-37-20-10-6-17(7-11-20)25(35)30-27-33-32-24(40-27)14-23(34)31-29-15-16-3-12-21(22(13-16)38-2)39-26(36)18-4-8-19(28)9-5-18/h3-13,15H,14H2,1-2H3,(H,31,34)(H,30,33,35)/b29-15+. The van der Waals surface area contributed by atoms with Crippen LogP contribution in [0.5, 0.6) is 17.2 Å². The molecule has 4 rings (SSSR count). The van der Waals surface area contributed by atoms with Gasteiger partial charge >= 0.3 is 5.97 Å². The maximum Gasteiger partial charge on any atom is 0.343 e. The zero-order valence-electron chi connectivity index (χ0n) is 21.2. The van der Waals surface area contributed by atoms with Crippen molar-refractivity contribution in [1.29, 1.82) is 0 Å². The van der Waals surface area contributed by atoms with E-state index in [-0.39, 0.29) is 34.5 Å². The van der Waals surface area contributed by atoms with Gasteiger partial charge in [0, 0.05) is 5.56 Å². The molecule has 40 heavy (non-hydrogen) atoms. The molecule has 204 valence electrons. The molecule has 3 aromatic carbocycles. The van der Waals surface area contributed by atoms with Crippen LogP contribution < -0.4 is 25.0 Å². The molecule has 0 aliphatic rings. The summed E-state index contributed by atoms with van der Waals surface area (Å²) in [5.74, 6) is -0.917. The van der Waals surface area contributed by atoms with E-state index < -0.39 is 17.7 Å². The smallest absolute Gasteiger partial charge is 0.343 e. The van der Waals surface area contributed by atoms with Crippen molar-refractivity contribution >= 4 is 40.5 Å². The van der Waals surface area contributed by atoms with Crippen LogP contribution in [0.1, 0.15) is 31.3 Å². The minimum absolute atomic E-state index is 0.102. The normalized spacial score (nSPS) is 10.7. The Labute approximate surface area is 231 Å². The molecule has 11 nitrogen and oxygen atoms in total. The summed E-state index contributed by atoms with van der Waals surface area (Å²) in [4.78, 5) is 36.9. The largest absolute Gasteiger partial charge is 0.497 e. The van der Waals surface area contributed by atoms with Gasteiger partial charge in [-0.25, -0.2) is 14.6 Å². The fraction of sp³-hybridized carbons (Fsp3) is 0.111. The van der Waals surface area contributed by atoms with E-state index >= 15 is 0 Å². The number of benzene rings is 3. The van der Waals surface area contributed by atoms with Gasteiger partial charge in [-0.3, -0.25) is 14.9 Å². The predicted octanol–water partition coefficient (Wildman–Crippen LogP) is 3.86. The van der Waals surface area contributed by atoms with E-state index in [0.717, 1.165) is 23.5 Å². The molecule has 1 heterocycles. The van der Waals surface area contributed by atoms with E-state index in [2.05, 4.69) is 26.0 Å². The van der Waals surface area contributed by atoms with Gasteiger partial charge in [0.2, 0.25) is 11.0 Å². The van der Waals surface area contributed by atoms with Gasteiger partial charge in [0.1, 0.15) is 16.6 Å². The predicted molar refractivity (Wildman–Crippen MR) is 145 cm³/mol. The van der Waals surface area contributed by atoms with E-state index in [1.165, 1.54) is 38.6 Å². The minimum atomic E-state index is -0.674. The molecule has 0 atom stereocenters. The molecule has 0 aliphatic carbocycles. The molecule has 0 spiro atoms. The Hall–Kier alpha value is -5.17. The number of rotatable bonds is 10. The number of carbonyl (C=O) groups excluding carboxylic acids is 3. The Bertz CT molecular complexity index is 1540. The lowest BCUT2D eigenvalue weighted by molar-refractivity contribution is -0.120. The van der Waals surface area contributed by atoms with Crippen LogP contribution in [0.15, 0.2) is 71.8 Å². The van der Waals surface area contributed by atoms with Gasteiger partial charge < -0.3 is 14.2 Å². The SMILES string of the molecule is COc1ccc(C(=O)Nc2nnc(CC(=O)N/N=C/c3ccc(OC(=O)c4ccc(F)cc4)c(OC)c3)s2)cc1. The molecular formula is C27H22FN5O6S. The van der Waals surface area contributed by atoms with Crippen LogP contribution in [0.3, 0.4) is 0 Å². The maximum atomic E-state index is 13.1. The van der Waals surface area contributed by atoms with Crippen LogP contribution in [0.4, 0.5) is 9.52 Å². The third-order valence-corrected chi connectivity index (χ3v) is 6.06. The number of anilines is 1. The Kier molecular flexibility index (Phi) is 9.10. The molecule has 0 aliphatic heterocycles. The van der Waals surface area contributed by atoms with E-state index in [1.54, 1.807) is 36.4 Å². The molecule has 13 heteroatoms. The summed E-state index contributed by atoms with van der Waals surface area (Å²) in [5.41, 5.74) is 3.54. The minimum Gasteiger partial charge on any atom is -0.497 e. The number of nitrogens with one attached hydrogen (secondary N) is 2. The van der Waals surface area contributed by atoms with E-state index in [0.29, 0.717) is 21.9 Å². The van der Waals surface area contributed by atoms with Crippen LogP contribution >= 0.6 is 11.3 Å². The molecular weight excluding hydrogens is 541 g/mol. The van der Waals surface area contributed by atoms with Crippen molar-refractivity contribution in [3.63, 3.8) is 0 Å². The van der Waals surface area contributed by atoms with Crippen LogP contribution in [0.2, 0.25) is 0 Å². The topological polar surface area (TPSA) is 141 Å². The van der Waals surface area contributed by atoms with Gasteiger partial charge in [0.25, 0.3) is 5.91 Å². The number of ether oxygens (including phenoxy) is 3. The van der Waals surface area contributed by atoms with Crippen LogP contribution in [0, 0.1) is 5.82 Å². The van der Waals surface area contributed by atoms with Crippen molar-refractivity contribution in [3.8, 4) is 17.2 Å². The number of hydrazone groups is 1. The van der Waals surface area contributed by atoms with Crippen LogP contribution in [0.25, 0.3) is 0 Å². The highest BCUT2D eigenvalue weighted by Crippen LogP contribution is 2.28. The summed E-state index contributed by atoms with van der Waals surface area (Å²) in [7, 11) is 2.94. The Morgan fingerprint density at radius 1 is 0.925 bits per heavy atom. The fourth-order valence-corrected chi connectivity index (χ4v) is 3.97. The summed E-state index contributed by atoms with van der Waals surface area (Å²) < 4.78 is 28.8. The number of esters is 1. The summed E-state index contributed by atoms with van der Waals surface area (Å²) >= 11 is 1.06. The third-order valence-electron chi connectivity index (χ3n) is 5.22. The lowest BCUT2D eigenvalue weighted by atomic mass is 10.2. The first-order valence-corrected chi connectivity index (χ1v) is 12.4. The van der Waals surface area contributed by atoms with Gasteiger partial charge in [0.15, 0.2) is 11.5 Å². The lowest BCUT2D eigenvalue weighted by Crippen LogP contribution is -2.19. The molecule has 2 N–H and O–H groups in total. The van der Waals surface area contributed by atoms with Gasteiger partial charge in [-0.05, 0) is 72.3 Å². The Balaban J connectivity index is 1.29. The second kappa shape index (κ2) is 13.1. The Morgan fingerprint density at radius 2 is 1.65 bits per heavy atom. The number of aromatic nitrogens is 2. The summed E-state index contributed by atoms with van der Waals surface area (Å²) in [6.07, 6.45) is 1.28. The average Bonchev–Trinajstić information content (AvgIpc) is 3.40. The number of amides is 2.